The lowest BCUT2D eigenvalue weighted by Crippen LogP contribution is -1.94. The molecule has 0 atom stereocenters. The van der Waals surface area contributed by atoms with Gasteiger partial charge in [0.25, 0.3) is 0 Å². The van der Waals surface area contributed by atoms with Crippen LogP contribution < -0.4 is 9.47 Å². The van der Waals surface area contributed by atoms with E-state index in [-0.39, 0.29) is 5.75 Å². The molecule has 2 aromatic carbocycles. The van der Waals surface area contributed by atoms with Gasteiger partial charge < -0.3 is 14.6 Å². The van der Waals surface area contributed by atoms with Crippen molar-refractivity contribution >= 4 is 0 Å². The van der Waals surface area contributed by atoms with Gasteiger partial charge >= 0.3 is 0 Å². The Morgan fingerprint density at radius 2 is 1.44 bits per heavy atom. The Morgan fingerprint density at radius 1 is 0.889 bits per heavy atom. The smallest absolute Gasteiger partial charge is 0.200 e. The molecule has 0 spiro atoms. The van der Waals surface area contributed by atoms with Crippen molar-refractivity contribution in [3.05, 3.63) is 53.6 Å². The molecule has 2 rings (SSSR count). The van der Waals surface area contributed by atoms with E-state index in [2.05, 4.69) is 12.1 Å². The fraction of sp³-hybridized carbons (Fsp3) is 0.200. The number of aromatic hydroxyl groups is 1. The minimum absolute atomic E-state index is 0.0387. The molecular weight excluding hydrogens is 228 g/mol. The van der Waals surface area contributed by atoms with Crippen molar-refractivity contribution in [2.75, 3.05) is 14.2 Å². The summed E-state index contributed by atoms with van der Waals surface area (Å²) >= 11 is 0. The Kier molecular flexibility index (Phi) is 3.72. The Labute approximate surface area is 107 Å². The number of methoxy groups -OCH3 is 2. The molecule has 0 saturated carbocycles. The standard InChI is InChI=1S/C15H16O3/c1-17-13-9-12(10-14(18-2)15(13)16)8-11-6-4-3-5-7-11/h3-7,9-10,16H,8H2,1-2H3. The molecule has 3 heteroatoms. The van der Waals surface area contributed by atoms with Crippen LogP contribution in [-0.2, 0) is 6.42 Å². The third kappa shape index (κ3) is 2.56. The lowest BCUT2D eigenvalue weighted by Gasteiger charge is -2.11. The largest absolute Gasteiger partial charge is 0.502 e. The third-order valence-electron chi connectivity index (χ3n) is 2.79. The Balaban J connectivity index is 2.34. The van der Waals surface area contributed by atoms with E-state index in [4.69, 9.17) is 9.47 Å². The zero-order chi connectivity index (χ0) is 13.0. The van der Waals surface area contributed by atoms with Crippen LogP contribution in [0, 0.1) is 0 Å². The van der Waals surface area contributed by atoms with E-state index < -0.39 is 0 Å². The van der Waals surface area contributed by atoms with E-state index in [1.165, 1.54) is 19.8 Å². The maximum atomic E-state index is 9.83. The lowest BCUT2D eigenvalue weighted by atomic mass is 10.0. The fourth-order valence-corrected chi connectivity index (χ4v) is 1.88. The van der Waals surface area contributed by atoms with Crippen LogP contribution in [0.2, 0.25) is 0 Å². The normalized spacial score (nSPS) is 10.1. The van der Waals surface area contributed by atoms with Gasteiger partial charge in [-0.2, -0.15) is 0 Å². The van der Waals surface area contributed by atoms with Crippen molar-refractivity contribution in [3.63, 3.8) is 0 Å². The third-order valence-corrected chi connectivity index (χ3v) is 2.79. The monoisotopic (exact) mass is 244 g/mol. The first kappa shape index (κ1) is 12.3. The second-order valence-electron chi connectivity index (χ2n) is 4.01. The predicted molar refractivity (Wildman–Crippen MR) is 70.5 cm³/mol. The van der Waals surface area contributed by atoms with Gasteiger partial charge in [0, 0.05) is 0 Å². The van der Waals surface area contributed by atoms with Crippen molar-refractivity contribution in [2.45, 2.75) is 6.42 Å². The molecular formula is C15H16O3. The molecule has 0 aliphatic heterocycles. The zero-order valence-electron chi connectivity index (χ0n) is 10.5. The summed E-state index contributed by atoms with van der Waals surface area (Å²) in [5, 5.41) is 9.83. The molecule has 0 saturated heterocycles. The average Bonchev–Trinajstić information content (AvgIpc) is 2.41. The summed E-state index contributed by atoms with van der Waals surface area (Å²) in [4.78, 5) is 0. The first-order chi connectivity index (χ1) is 8.74. The van der Waals surface area contributed by atoms with E-state index in [9.17, 15) is 5.11 Å². The number of benzene rings is 2. The van der Waals surface area contributed by atoms with Gasteiger partial charge in [-0.25, -0.2) is 0 Å². The number of ether oxygens (including phenoxy) is 2. The Bertz CT molecular complexity index is 496. The van der Waals surface area contributed by atoms with Crippen molar-refractivity contribution in [2.24, 2.45) is 0 Å². The topological polar surface area (TPSA) is 38.7 Å². The van der Waals surface area contributed by atoms with Crippen LogP contribution in [0.3, 0.4) is 0 Å². The minimum Gasteiger partial charge on any atom is -0.502 e. The van der Waals surface area contributed by atoms with Gasteiger partial charge in [-0.15, -0.1) is 0 Å². The van der Waals surface area contributed by atoms with Crippen molar-refractivity contribution in [1.82, 2.24) is 0 Å². The SMILES string of the molecule is COc1cc(Cc2ccccc2)cc(OC)c1O. The maximum absolute atomic E-state index is 9.83. The molecule has 94 valence electrons. The van der Waals surface area contributed by atoms with Crippen molar-refractivity contribution in [3.8, 4) is 17.2 Å². The molecule has 1 N–H and O–H groups in total. The van der Waals surface area contributed by atoms with E-state index in [0.29, 0.717) is 11.5 Å². The second-order valence-corrected chi connectivity index (χ2v) is 4.01. The first-order valence-electron chi connectivity index (χ1n) is 5.72. The molecule has 0 amide bonds. The average molecular weight is 244 g/mol. The molecule has 0 heterocycles. The van der Waals surface area contributed by atoms with E-state index >= 15 is 0 Å². The van der Waals surface area contributed by atoms with Gasteiger partial charge in [0.05, 0.1) is 14.2 Å². The van der Waals surface area contributed by atoms with Crippen LogP contribution >= 0.6 is 0 Å². The number of hydrogen-bond acceptors (Lipinski definition) is 3. The van der Waals surface area contributed by atoms with Crippen LogP contribution in [0.5, 0.6) is 17.2 Å². The highest BCUT2D eigenvalue weighted by Crippen LogP contribution is 2.37. The van der Waals surface area contributed by atoms with Crippen LogP contribution in [-0.4, -0.2) is 19.3 Å². The summed E-state index contributed by atoms with van der Waals surface area (Å²) in [5.74, 6) is 0.900. The summed E-state index contributed by atoms with van der Waals surface area (Å²) in [6, 6.07) is 13.8. The molecule has 2 aromatic rings. The number of hydrogen-bond donors (Lipinski definition) is 1. The zero-order valence-corrected chi connectivity index (χ0v) is 10.5. The molecule has 0 bridgehead atoms. The molecule has 18 heavy (non-hydrogen) atoms. The van der Waals surface area contributed by atoms with Gasteiger partial charge in [0.2, 0.25) is 5.75 Å². The van der Waals surface area contributed by atoms with Crippen molar-refractivity contribution < 1.29 is 14.6 Å². The molecule has 0 unspecified atom stereocenters. The van der Waals surface area contributed by atoms with Gasteiger partial charge in [-0.1, -0.05) is 30.3 Å². The highest BCUT2D eigenvalue weighted by molar-refractivity contribution is 5.53. The number of rotatable bonds is 4. The molecule has 0 aliphatic rings. The summed E-state index contributed by atoms with van der Waals surface area (Å²) in [7, 11) is 3.06. The Hall–Kier alpha value is -2.16. The van der Waals surface area contributed by atoms with Crippen molar-refractivity contribution in [1.29, 1.82) is 0 Å². The number of phenolic OH excluding ortho intramolecular Hbond substituents is 1. The van der Waals surface area contributed by atoms with Gasteiger partial charge in [0.15, 0.2) is 11.5 Å². The van der Waals surface area contributed by atoms with Crippen LogP contribution in [0.4, 0.5) is 0 Å². The van der Waals surface area contributed by atoms with Gasteiger partial charge in [-0.05, 0) is 29.7 Å². The minimum atomic E-state index is 0.0387. The molecule has 0 fully saturated rings. The second kappa shape index (κ2) is 5.45. The summed E-state index contributed by atoms with van der Waals surface area (Å²) < 4.78 is 10.3. The number of phenols is 1. The van der Waals surface area contributed by atoms with E-state index in [0.717, 1.165) is 12.0 Å². The maximum Gasteiger partial charge on any atom is 0.200 e. The quantitative estimate of drug-likeness (QED) is 0.898. The molecule has 0 aromatic heterocycles. The highest BCUT2D eigenvalue weighted by Gasteiger charge is 2.11. The van der Waals surface area contributed by atoms with Gasteiger partial charge in [0.1, 0.15) is 0 Å². The molecule has 0 aliphatic carbocycles. The fourth-order valence-electron chi connectivity index (χ4n) is 1.88. The summed E-state index contributed by atoms with van der Waals surface area (Å²) in [5.41, 5.74) is 2.24. The highest BCUT2D eigenvalue weighted by atomic mass is 16.5. The van der Waals surface area contributed by atoms with Gasteiger partial charge in [-0.3, -0.25) is 0 Å². The van der Waals surface area contributed by atoms with Crippen LogP contribution in [0.25, 0.3) is 0 Å². The molecule has 0 radical (unpaired) electrons. The summed E-state index contributed by atoms with van der Waals surface area (Å²) in [6.07, 6.45) is 0.772. The molecule has 3 nitrogen and oxygen atoms in total. The predicted octanol–water partition coefficient (Wildman–Crippen LogP) is 3.00. The lowest BCUT2D eigenvalue weighted by molar-refractivity contribution is 0.339. The van der Waals surface area contributed by atoms with E-state index in [1.807, 2.05) is 30.3 Å². The van der Waals surface area contributed by atoms with Crippen LogP contribution in [0.15, 0.2) is 42.5 Å². The van der Waals surface area contributed by atoms with Crippen LogP contribution in [0.1, 0.15) is 11.1 Å². The summed E-state index contributed by atoms with van der Waals surface area (Å²) in [6.45, 7) is 0. The first-order valence-corrected chi connectivity index (χ1v) is 5.72. The Morgan fingerprint density at radius 3 is 1.94 bits per heavy atom. The van der Waals surface area contributed by atoms with E-state index in [1.54, 1.807) is 0 Å².